The van der Waals surface area contributed by atoms with Gasteiger partial charge >= 0.3 is 0 Å². The Morgan fingerprint density at radius 3 is 2.57 bits per heavy atom. The molecule has 1 aromatic rings. The molecule has 4 rings (SSSR count). The molecule has 1 N–H and O–H groups in total. The lowest BCUT2D eigenvalue weighted by Crippen LogP contribution is -2.45. The summed E-state index contributed by atoms with van der Waals surface area (Å²) in [7, 11) is 0. The van der Waals surface area contributed by atoms with E-state index in [-0.39, 0.29) is 5.91 Å². The first-order valence-corrected chi connectivity index (χ1v) is 8.70. The van der Waals surface area contributed by atoms with Crippen LogP contribution in [0.25, 0.3) is 0 Å². The van der Waals surface area contributed by atoms with Crippen LogP contribution in [0.3, 0.4) is 0 Å². The van der Waals surface area contributed by atoms with E-state index in [9.17, 15) is 4.79 Å². The number of piperidine rings is 1. The number of hydrogen-bond donors (Lipinski definition) is 1. The molecular formula is C18H24N2O3. The van der Waals surface area contributed by atoms with Crippen molar-refractivity contribution in [3.8, 4) is 11.5 Å². The molecule has 2 fully saturated rings. The summed E-state index contributed by atoms with van der Waals surface area (Å²) < 4.78 is 11.1. The zero-order valence-electron chi connectivity index (χ0n) is 13.4. The van der Waals surface area contributed by atoms with Crippen LogP contribution >= 0.6 is 0 Å². The quantitative estimate of drug-likeness (QED) is 0.919. The molecular weight excluding hydrogens is 292 g/mol. The number of carbonyl (C=O) groups is 1. The number of fused-ring (bicyclic) bond motifs is 1. The Kier molecular flexibility index (Phi) is 4.12. The molecule has 5 nitrogen and oxygen atoms in total. The molecule has 1 saturated heterocycles. The normalized spacial score (nSPS) is 21.9. The van der Waals surface area contributed by atoms with E-state index in [4.69, 9.17) is 9.47 Å². The minimum atomic E-state index is 0.103. The molecule has 5 heteroatoms. The van der Waals surface area contributed by atoms with Crippen molar-refractivity contribution in [2.24, 2.45) is 0 Å². The van der Waals surface area contributed by atoms with Gasteiger partial charge in [0.05, 0.1) is 6.42 Å². The average molecular weight is 316 g/mol. The summed E-state index contributed by atoms with van der Waals surface area (Å²) in [5.74, 6) is 1.62. The summed E-state index contributed by atoms with van der Waals surface area (Å²) in [6.07, 6.45) is 5.27. The van der Waals surface area contributed by atoms with E-state index in [1.807, 2.05) is 18.2 Å². The topological polar surface area (TPSA) is 50.8 Å². The fourth-order valence-corrected chi connectivity index (χ4v) is 3.51. The molecule has 0 aromatic heterocycles. The molecule has 0 unspecified atom stereocenters. The third-order valence-electron chi connectivity index (χ3n) is 4.93. The molecule has 1 saturated carbocycles. The predicted octanol–water partition coefficient (Wildman–Crippen LogP) is 1.74. The predicted molar refractivity (Wildman–Crippen MR) is 86.9 cm³/mol. The van der Waals surface area contributed by atoms with Gasteiger partial charge in [-0.1, -0.05) is 6.07 Å². The molecule has 23 heavy (non-hydrogen) atoms. The van der Waals surface area contributed by atoms with Gasteiger partial charge in [-0.15, -0.1) is 0 Å². The largest absolute Gasteiger partial charge is 0.486 e. The molecule has 0 radical (unpaired) electrons. The van der Waals surface area contributed by atoms with Crippen LogP contribution in [0.15, 0.2) is 18.2 Å². The number of carbonyl (C=O) groups excluding carboxylic acids is 1. The number of amides is 1. The molecule has 1 amide bonds. The number of benzene rings is 1. The summed E-state index contributed by atoms with van der Waals surface area (Å²) in [5, 5.41) is 3.19. The standard InChI is InChI=1S/C18H24N2O3/c21-18(19-14-5-7-20(8-6-14)15-2-3-15)12-13-1-4-16-17(11-13)23-10-9-22-16/h1,4,11,14-15H,2-3,5-10,12H2,(H,19,21). The van der Waals surface area contributed by atoms with E-state index >= 15 is 0 Å². The van der Waals surface area contributed by atoms with Gasteiger partial charge < -0.3 is 19.7 Å². The zero-order chi connectivity index (χ0) is 15.6. The second-order valence-electron chi connectivity index (χ2n) is 6.76. The fraction of sp³-hybridized carbons (Fsp3) is 0.611. The van der Waals surface area contributed by atoms with Gasteiger partial charge in [-0.05, 0) is 43.4 Å². The first-order chi connectivity index (χ1) is 11.3. The maximum Gasteiger partial charge on any atom is 0.224 e. The fourth-order valence-electron chi connectivity index (χ4n) is 3.51. The van der Waals surface area contributed by atoms with Gasteiger partial charge in [0.25, 0.3) is 0 Å². The highest BCUT2D eigenvalue weighted by Crippen LogP contribution is 2.31. The van der Waals surface area contributed by atoms with Gasteiger partial charge in [0.2, 0.25) is 5.91 Å². The Morgan fingerprint density at radius 2 is 1.83 bits per heavy atom. The monoisotopic (exact) mass is 316 g/mol. The van der Waals surface area contributed by atoms with Crippen LogP contribution in [0, 0.1) is 0 Å². The maximum atomic E-state index is 12.3. The lowest BCUT2D eigenvalue weighted by Gasteiger charge is -2.32. The first-order valence-electron chi connectivity index (χ1n) is 8.70. The van der Waals surface area contributed by atoms with E-state index in [2.05, 4.69) is 10.2 Å². The van der Waals surface area contributed by atoms with Crippen molar-refractivity contribution in [1.29, 1.82) is 0 Å². The number of hydrogen-bond acceptors (Lipinski definition) is 4. The van der Waals surface area contributed by atoms with Crippen LogP contribution < -0.4 is 14.8 Å². The molecule has 3 aliphatic rings. The van der Waals surface area contributed by atoms with Crippen molar-refractivity contribution < 1.29 is 14.3 Å². The number of likely N-dealkylation sites (tertiary alicyclic amines) is 1. The van der Waals surface area contributed by atoms with Crippen LogP contribution in [0.5, 0.6) is 11.5 Å². The number of nitrogens with one attached hydrogen (secondary N) is 1. The summed E-state index contributed by atoms with van der Waals surface area (Å²) >= 11 is 0. The molecule has 0 bridgehead atoms. The van der Waals surface area contributed by atoms with Crippen molar-refractivity contribution in [2.45, 2.75) is 44.2 Å². The lowest BCUT2D eigenvalue weighted by atomic mass is 10.0. The average Bonchev–Trinajstić information content (AvgIpc) is 3.40. The van der Waals surface area contributed by atoms with Crippen LogP contribution in [-0.4, -0.2) is 49.2 Å². The molecule has 124 valence electrons. The Labute approximate surface area is 136 Å². The summed E-state index contributed by atoms with van der Waals surface area (Å²) in [6.45, 7) is 3.41. The Hall–Kier alpha value is -1.75. The van der Waals surface area contributed by atoms with Gasteiger partial charge in [0, 0.05) is 25.2 Å². The minimum Gasteiger partial charge on any atom is -0.486 e. The van der Waals surface area contributed by atoms with Crippen LogP contribution in [0.2, 0.25) is 0 Å². The molecule has 2 aliphatic heterocycles. The number of rotatable bonds is 4. The molecule has 0 atom stereocenters. The summed E-state index contributed by atoms with van der Waals surface area (Å²) in [4.78, 5) is 14.9. The van der Waals surface area contributed by atoms with Crippen LogP contribution in [0.4, 0.5) is 0 Å². The maximum absolute atomic E-state index is 12.3. The second kappa shape index (κ2) is 6.40. The third-order valence-corrected chi connectivity index (χ3v) is 4.93. The molecule has 1 aromatic carbocycles. The summed E-state index contributed by atoms with van der Waals surface area (Å²) in [6, 6.07) is 6.93. The minimum absolute atomic E-state index is 0.103. The van der Waals surface area contributed by atoms with Crippen molar-refractivity contribution in [2.75, 3.05) is 26.3 Å². The van der Waals surface area contributed by atoms with E-state index in [0.29, 0.717) is 25.7 Å². The smallest absolute Gasteiger partial charge is 0.224 e. The van der Waals surface area contributed by atoms with Crippen molar-refractivity contribution >= 4 is 5.91 Å². The first kappa shape index (κ1) is 14.8. The van der Waals surface area contributed by atoms with Gasteiger partial charge in [-0.2, -0.15) is 0 Å². The van der Waals surface area contributed by atoms with Crippen LogP contribution in [0.1, 0.15) is 31.2 Å². The second-order valence-corrected chi connectivity index (χ2v) is 6.76. The Balaban J connectivity index is 1.28. The van der Waals surface area contributed by atoms with Crippen molar-refractivity contribution in [1.82, 2.24) is 10.2 Å². The van der Waals surface area contributed by atoms with Gasteiger partial charge in [0.15, 0.2) is 11.5 Å². The van der Waals surface area contributed by atoms with E-state index in [1.54, 1.807) is 0 Å². The van der Waals surface area contributed by atoms with E-state index in [1.165, 1.54) is 12.8 Å². The Bertz CT molecular complexity index is 578. The third kappa shape index (κ3) is 3.61. The van der Waals surface area contributed by atoms with E-state index in [0.717, 1.165) is 49.0 Å². The van der Waals surface area contributed by atoms with Gasteiger partial charge in [-0.3, -0.25) is 4.79 Å². The highest BCUT2D eigenvalue weighted by molar-refractivity contribution is 5.79. The van der Waals surface area contributed by atoms with Crippen molar-refractivity contribution in [3.63, 3.8) is 0 Å². The highest BCUT2D eigenvalue weighted by Gasteiger charge is 2.32. The summed E-state index contributed by atoms with van der Waals surface area (Å²) in [5.41, 5.74) is 0.974. The molecule has 1 aliphatic carbocycles. The zero-order valence-corrected chi connectivity index (χ0v) is 13.4. The van der Waals surface area contributed by atoms with Gasteiger partial charge in [0.1, 0.15) is 13.2 Å². The SMILES string of the molecule is O=C(Cc1ccc2c(c1)OCCO2)NC1CCN(C2CC2)CC1. The lowest BCUT2D eigenvalue weighted by molar-refractivity contribution is -0.121. The highest BCUT2D eigenvalue weighted by atomic mass is 16.6. The van der Waals surface area contributed by atoms with E-state index < -0.39 is 0 Å². The Morgan fingerprint density at radius 1 is 1.09 bits per heavy atom. The molecule has 2 heterocycles. The van der Waals surface area contributed by atoms with Crippen LogP contribution in [-0.2, 0) is 11.2 Å². The molecule has 0 spiro atoms. The number of nitrogens with zero attached hydrogens (tertiary/aromatic N) is 1. The number of ether oxygens (including phenoxy) is 2. The van der Waals surface area contributed by atoms with Gasteiger partial charge in [-0.25, -0.2) is 0 Å². The van der Waals surface area contributed by atoms with Crippen molar-refractivity contribution in [3.05, 3.63) is 23.8 Å².